The van der Waals surface area contributed by atoms with Crippen molar-refractivity contribution < 1.29 is 38.5 Å². The van der Waals surface area contributed by atoms with Crippen LogP contribution in [-0.4, -0.2) is 145 Å². The molecule has 12 nitrogen and oxygen atoms in total. The molecule has 1 saturated heterocycles. The minimum atomic E-state index is -2.11. The van der Waals surface area contributed by atoms with Crippen LogP contribution < -0.4 is 0 Å². The van der Waals surface area contributed by atoms with E-state index in [1.54, 1.807) is 14.7 Å². The zero-order valence-corrected chi connectivity index (χ0v) is 18.3. The zero-order chi connectivity index (χ0) is 23.4. The molecule has 1 heterocycles. The van der Waals surface area contributed by atoms with Crippen LogP contribution in [0.5, 0.6) is 0 Å². The molecule has 1 fully saturated rings. The molecule has 31 heavy (non-hydrogen) atoms. The zero-order valence-electron chi connectivity index (χ0n) is 17.5. The van der Waals surface area contributed by atoms with E-state index in [0.717, 1.165) is 0 Å². The number of aliphatic carboxylic acids is 3. The first-order valence-electron chi connectivity index (χ1n) is 9.87. The molecule has 0 spiro atoms. The molecule has 0 radical (unpaired) electrons. The molecule has 178 valence electrons. The topological polar surface area (TPSA) is 162 Å². The third kappa shape index (κ3) is 11.9. The Balaban J connectivity index is 3.00. The van der Waals surface area contributed by atoms with Crippen LogP contribution in [0.3, 0.4) is 0 Å². The molecule has 0 amide bonds. The van der Waals surface area contributed by atoms with Crippen molar-refractivity contribution in [1.82, 2.24) is 19.6 Å². The van der Waals surface area contributed by atoms with Crippen molar-refractivity contribution in [2.24, 2.45) is 0 Å². The predicted molar refractivity (Wildman–Crippen MR) is 113 cm³/mol. The van der Waals surface area contributed by atoms with Crippen LogP contribution in [0, 0.1) is 0 Å². The lowest BCUT2D eigenvalue weighted by Crippen LogP contribution is -2.49. The van der Waals surface area contributed by atoms with Crippen LogP contribution in [0.4, 0.5) is 0 Å². The third-order valence-corrected chi connectivity index (χ3v) is 5.83. The molecule has 0 saturated carbocycles. The van der Waals surface area contributed by atoms with Gasteiger partial charge in [-0.1, -0.05) is 6.08 Å². The maximum Gasteiger partial charge on any atom is 0.317 e. The van der Waals surface area contributed by atoms with Gasteiger partial charge in [0.05, 0.1) is 24.9 Å². The number of carboxylic acids is 3. The second-order valence-electron chi connectivity index (χ2n) is 7.36. The lowest BCUT2D eigenvalue weighted by atomic mass is 10.3. The Bertz CT molecular complexity index is 618. The summed E-state index contributed by atoms with van der Waals surface area (Å²) >= 11 is -2.11. The van der Waals surface area contributed by atoms with E-state index in [-0.39, 0.29) is 26.2 Å². The maximum atomic E-state index is 11.5. The highest BCUT2D eigenvalue weighted by molar-refractivity contribution is 7.80. The first-order chi connectivity index (χ1) is 14.6. The molecule has 0 aromatic carbocycles. The smallest absolute Gasteiger partial charge is 0.317 e. The molecule has 13 heteroatoms. The van der Waals surface area contributed by atoms with E-state index in [1.807, 2.05) is 4.90 Å². The normalized spacial score (nSPS) is 20.8. The average molecular weight is 465 g/mol. The predicted octanol–water partition coefficient (Wildman–Crippen LogP) is -1.76. The quantitative estimate of drug-likeness (QED) is 0.213. The van der Waals surface area contributed by atoms with Gasteiger partial charge in [-0.3, -0.25) is 34.0 Å². The summed E-state index contributed by atoms with van der Waals surface area (Å²) in [6, 6.07) is 0. The van der Waals surface area contributed by atoms with Gasteiger partial charge in [0, 0.05) is 58.9 Å². The van der Waals surface area contributed by atoms with E-state index in [2.05, 4.69) is 6.58 Å². The van der Waals surface area contributed by atoms with E-state index in [1.165, 1.54) is 6.08 Å². The van der Waals surface area contributed by atoms with Gasteiger partial charge in [-0.05, 0) is 0 Å². The number of nitrogens with zero attached hydrogens (tertiary/aromatic N) is 4. The first-order valence-corrected chi connectivity index (χ1v) is 11.0. The maximum absolute atomic E-state index is 11.5. The molecular weight excluding hydrogens is 432 g/mol. The highest BCUT2D eigenvalue weighted by atomic mass is 32.2. The Morgan fingerprint density at radius 2 is 1.03 bits per heavy atom. The molecule has 0 aromatic heterocycles. The summed E-state index contributed by atoms with van der Waals surface area (Å²) in [4.78, 5) is 40.6. The standard InChI is InChI=1S/C18H32N4O8S/c1-2-15(31(29)30)11-19-3-5-20(12-16(23)24)7-9-22(14-18(27)28)10-8-21(6-4-19)13-17(25)26/h2,15H,1,3-14H2,(H,23,24)(H,25,26)(H,27,28)(H,29,30). The van der Waals surface area contributed by atoms with E-state index in [0.29, 0.717) is 52.4 Å². The monoisotopic (exact) mass is 464 g/mol. The molecule has 0 aliphatic carbocycles. The lowest BCUT2D eigenvalue weighted by Gasteiger charge is -2.33. The van der Waals surface area contributed by atoms with Crippen molar-refractivity contribution in [3.63, 3.8) is 0 Å². The largest absolute Gasteiger partial charge is 0.480 e. The van der Waals surface area contributed by atoms with E-state index < -0.39 is 34.2 Å². The first kappa shape index (κ1) is 27.1. The van der Waals surface area contributed by atoms with Gasteiger partial charge in [0.2, 0.25) is 0 Å². The number of carboxylic acid groups (broad SMARTS) is 3. The van der Waals surface area contributed by atoms with Crippen molar-refractivity contribution in [2.75, 3.05) is 78.5 Å². The van der Waals surface area contributed by atoms with Crippen LogP contribution in [0.25, 0.3) is 0 Å². The van der Waals surface area contributed by atoms with E-state index in [9.17, 15) is 33.4 Å². The van der Waals surface area contributed by atoms with Gasteiger partial charge in [0.15, 0.2) is 11.1 Å². The van der Waals surface area contributed by atoms with Crippen LogP contribution in [0.2, 0.25) is 0 Å². The lowest BCUT2D eigenvalue weighted by molar-refractivity contribution is -0.140. The van der Waals surface area contributed by atoms with Gasteiger partial charge in [0.1, 0.15) is 0 Å². The molecule has 4 N–H and O–H groups in total. The Labute approximate surface area is 184 Å². The van der Waals surface area contributed by atoms with E-state index >= 15 is 0 Å². The SMILES string of the molecule is C=CC(CN1CCN(CC(=O)O)CCN(CC(=O)O)CCN(CC(=O)O)CC1)S(=O)O. The fraction of sp³-hybridized carbons (Fsp3) is 0.722. The van der Waals surface area contributed by atoms with Crippen molar-refractivity contribution >= 4 is 29.0 Å². The minimum Gasteiger partial charge on any atom is -0.480 e. The Kier molecular flexibility index (Phi) is 12.4. The fourth-order valence-corrected chi connectivity index (χ4v) is 3.79. The summed E-state index contributed by atoms with van der Waals surface area (Å²) in [7, 11) is 0. The molecule has 1 rings (SSSR count). The number of rotatable bonds is 10. The van der Waals surface area contributed by atoms with Gasteiger partial charge < -0.3 is 19.9 Å². The molecule has 0 aromatic rings. The third-order valence-electron chi connectivity index (χ3n) is 4.97. The van der Waals surface area contributed by atoms with Gasteiger partial charge in [0.25, 0.3) is 0 Å². The van der Waals surface area contributed by atoms with Crippen molar-refractivity contribution in [2.45, 2.75) is 5.25 Å². The van der Waals surface area contributed by atoms with E-state index in [4.69, 9.17) is 5.11 Å². The van der Waals surface area contributed by atoms with Crippen molar-refractivity contribution in [3.8, 4) is 0 Å². The van der Waals surface area contributed by atoms with Crippen LogP contribution in [-0.2, 0) is 25.5 Å². The van der Waals surface area contributed by atoms with Crippen molar-refractivity contribution in [3.05, 3.63) is 12.7 Å². The summed E-state index contributed by atoms with van der Waals surface area (Å²) in [5.41, 5.74) is 0. The molecular formula is C18H32N4O8S. The van der Waals surface area contributed by atoms with Crippen LogP contribution in [0.1, 0.15) is 0 Å². The summed E-state index contributed by atoms with van der Waals surface area (Å²) in [6.45, 7) is 5.94. The average Bonchev–Trinajstić information content (AvgIpc) is 2.65. The highest BCUT2D eigenvalue weighted by Gasteiger charge is 2.22. The van der Waals surface area contributed by atoms with Crippen LogP contribution in [0.15, 0.2) is 12.7 Å². The highest BCUT2D eigenvalue weighted by Crippen LogP contribution is 2.05. The summed E-state index contributed by atoms with van der Waals surface area (Å²) in [5, 5.41) is 26.8. The van der Waals surface area contributed by atoms with Gasteiger partial charge in [-0.2, -0.15) is 0 Å². The van der Waals surface area contributed by atoms with Crippen LogP contribution >= 0.6 is 0 Å². The molecule has 1 aliphatic rings. The summed E-state index contributed by atoms with van der Waals surface area (Å²) < 4.78 is 20.9. The number of carbonyl (C=O) groups is 3. The number of hydrogen-bond acceptors (Lipinski definition) is 8. The fourth-order valence-electron chi connectivity index (χ4n) is 3.28. The summed E-state index contributed by atoms with van der Waals surface area (Å²) in [5.74, 6) is -3.02. The van der Waals surface area contributed by atoms with Crippen molar-refractivity contribution in [1.29, 1.82) is 0 Å². The Morgan fingerprint density at radius 3 is 1.26 bits per heavy atom. The minimum absolute atomic E-state index is 0.212. The second kappa shape index (κ2) is 14.2. The molecule has 2 unspecified atom stereocenters. The van der Waals surface area contributed by atoms with Gasteiger partial charge in [-0.15, -0.1) is 6.58 Å². The van der Waals surface area contributed by atoms with Gasteiger partial charge >= 0.3 is 17.9 Å². The summed E-state index contributed by atoms with van der Waals surface area (Å²) in [6.07, 6.45) is 1.39. The molecule has 0 bridgehead atoms. The Morgan fingerprint density at radius 1 is 0.742 bits per heavy atom. The molecule has 2 atom stereocenters. The number of hydrogen-bond donors (Lipinski definition) is 4. The van der Waals surface area contributed by atoms with Gasteiger partial charge in [-0.25, -0.2) is 4.21 Å². The Hall–Kier alpha value is -1.90. The second-order valence-corrected chi connectivity index (χ2v) is 8.52. The molecule has 1 aliphatic heterocycles.